The molecule has 3 atom stereocenters. The van der Waals surface area contributed by atoms with Crippen LogP contribution in [0, 0.1) is 5.92 Å². The number of cyclic esters (lactones) is 1. The molecule has 0 spiro atoms. The fraction of sp³-hybridized carbons (Fsp3) is 0.424. The van der Waals surface area contributed by atoms with Gasteiger partial charge in [0.05, 0.1) is 19.1 Å². The number of Topliss-reactive ketones (excluding diaryl/α,β-unsaturated/α-hetero) is 1. The fourth-order valence-corrected chi connectivity index (χ4v) is 6.11. The maximum atomic E-state index is 13.9. The number of methoxy groups -OCH3 is 1. The highest BCUT2D eigenvalue weighted by molar-refractivity contribution is 5.97. The molecule has 2 aromatic carbocycles. The molecule has 0 aromatic heterocycles. The van der Waals surface area contributed by atoms with Crippen LogP contribution in [0.15, 0.2) is 54.3 Å². The Morgan fingerprint density at radius 2 is 1.90 bits per heavy atom. The minimum Gasteiger partial charge on any atom is -0.465 e. The SMILES string of the molecule is C=C1Oc2cc(CCCCC)c3c(c2C2C=C(C)CCC12)OC(CC(C)=O)(c1ccc(C(=O)OC)cc1)OC3=O. The molecule has 0 saturated heterocycles. The number of hydrogen-bond donors (Lipinski definition) is 0. The molecule has 3 aliphatic rings. The van der Waals surface area contributed by atoms with Crippen LogP contribution in [0.2, 0.25) is 0 Å². The third-order valence-corrected chi connectivity index (χ3v) is 8.10. The van der Waals surface area contributed by atoms with Crippen LogP contribution in [-0.4, -0.2) is 24.8 Å². The smallest absolute Gasteiger partial charge is 0.345 e. The predicted molar refractivity (Wildman–Crippen MR) is 149 cm³/mol. The van der Waals surface area contributed by atoms with E-state index in [1.165, 1.54) is 19.6 Å². The number of rotatable bonds is 8. The number of allylic oxidation sites excluding steroid dienone is 3. The highest BCUT2D eigenvalue weighted by Crippen LogP contribution is 2.55. The van der Waals surface area contributed by atoms with Crippen LogP contribution in [0.25, 0.3) is 0 Å². The molecule has 7 nitrogen and oxygen atoms in total. The number of carbonyl (C=O) groups excluding carboxylic acids is 3. The second kappa shape index (κ2) is 11.0. The van der Waals surface area contributed by atoms with Gasteiger partial charge >= 0.3 is 11.9 Å². The van der Waals surface area contributed by atoms with Gasteiger partial charge in [0.15, 0.2) is 0 Å². The molecule has 3 unspecified atom stereocenters. The van der Waals surface area contributed by atoms with E-state index in [1.54, 1.807) is 24.3 Å². The minimum atomic E-state index is -1.70. The van der Waals surface area contributed by atoms with Crippen molar-refractivity contribution in [3.8, 4) is 11.5 Å². The molecule has 2 aliphatic heterocycles. The van der Waals surface area contributed by atoms with Crippen molar-refractivity contribution in [1.29, 1.82) is 0 Å². The van der Waals surface area contributed by atoms with E-state index in [9.17, 15) is 14.4 Å². The Hall–Kier alpha value is -3.87. The van der Waals surface area contributed by atoms with Crippen molar-refractivity contribution in [2.24, 2.45) is 5.92 Å². The van der Waals surface area contributed by atoms with E-state index in [1.807, 2.05) is 6.07 Å². The van der Waals surface area contributed by atoms with Crippen LogP contribution >= 0.6 is 0 Å². The lowest BCUT2D eigenvalue weighted by Crippen LogP contribution is -2.45. The zero-order chi connectivity index (χ0) is 28.6. The Balaban J connectivity index is 1.70. The Morgan fingerprint density at radius 1 is 1.15 bits per heavy atom. The molecule has 0 radical (unpaired) electrons. The number of ketones is 1. The zero-order valence-electron chi connectivity index (χ0n) is 23.6. The van der Waals surface area contributed by atoms with Crippen molar-refractivity contribution in [2.75, 3.05) is 7.11 Å². The molecule has 0 fully saturated rings. The zero-order valence-corrected chi connectivity index (χ0v) is 23.6. The third-order valence-electron chi connectivity index (χ3n) is 8.10. The normalized spacial score (nSPS) is 22.9. The summed E-state index contributed by atoms with van der Waals surface area (Å²) in [5, 5.41) is 0. The van der Waals surface area contributed by atoms with Gasteiger partial charge in [-0.1, -0.05) is 50.1 Å². The number of hydrogen-bond acceptors (Lipinski definition) is 7. The molecule has 0 amide bonds. The lowest BCUT2D eigenvalue weighted by Gasteiger charge is -2.43. The summed E-state index contributed by atoms with van der Waals surface area (Å²) < 4.78 is 24.0. The van der Waals surface area contributed by atoms with Crippen molar-refractivity contribution >= 4 is 17.7 Å². The summed E-state index contributed by atoms with van der Waals surface area (Å²) >= 11 is 0. The van der Waals surface area contributed by atoms with Crippen molar-refractivity contribution in [2.45, 2.75) is 77.4 Å². The van der Waals surface area contributed by atoms with Crippen molar-refractivity contribution in [3.63, 3.8) is 0 Å². The maximum absolute atomic E-state index is 13.9. The van der Waals surface area contributed by atoms with Crippen LogP contribution in [0.4, 0.5) is 0 Å². The van der Waals surface area contributed by atoms with Gasteiger partial charge < -0.3 is 18.9 Å². The molecule has 5 rings (SSSR count). The molecular formula is C33H36O7. The van der Waals surface area contributed by atoms with Gasteiger partial charge in [0, 0.05) is 23.0 Å². The molecule has 0 N–H and O–H groups in total. The van der Waals surface area contributed by atoms with Gasteiger partial charge in [-0.2, -0.15) is 0 Å². The lowest BCUT2D eigenvalue weighted by molar-refractivity contribution is -0.172. The summed E-state index contributed by atoms with van der Waals surface area (Å²) in [5.74, 6) is -1.20. The van der Waals surface area contributed by atoms with Crippen LogP contribution in [0.5, 0.6) is 11.5 Å². The Bertz CT molecular complexity index is 1400. The van der Waals surface area contributed by atoms with Gasteiger partial charge in [-0.25, -0.2) is 9.59 Å². The Labute approximate surface area is 235 Å². The Morgan fingerprint density at radius 3 is 2.58 bits per heavy atom. The van der Waals surface area contributed by atoms with Crippen LogP contribution in [0.3, 0.4) is 0 Å². The Kier molecular flexibility index (Phi) is 7.58. The summed E-state index contributed by atoms with van der Waals surface area (Å²) in [7, 11) is 1.31. The van der Waals surface area contributed by atoms with Gasteiger partial charge in [-0.05, 0) is 63.3 Å². The predicted octanol–water partition coefficient (Wildman–Crippen LogP) is 6.93. The van der Waals surface area contributed by atoms with Crippen LogP contribution < -0.4 is 9.47 Å². The molecule has 2 heterocycles. The van der Waals surface area contributed by atoms with Gasteiger partial charge in [-0.15, -0.1) is 0 Å². The number of esters is 2. The first-order valence-corrected chi connectivity index (χ1v) is 14.0. The molecule has 1 aliphatic carbocycles. The standard InChI is InChI=1S/C33H36O7/c1-6-7-8-9-23-17-27-29(26-16-19(2)10-15-25(26)21(4)38-27)30-28(23)32(36)40-33(39-30,18-20(3)34)24-13-11-22(12-14-24)31(35)37-5/h11-14,16-17,25-26H,4,6-10,15,18H2,1-3,5H3. The first-order chi connectivity index (χ1) is 19.2. The number of benzene rings is 2. The number of unbranched alkanes of at least 4 members (excludes halogenated alkanes) is 2. The largest absolute Gasteiger partial charge is 0.465 e. The molecule has 2 aromatic rings. The fourth-order valence-electron chi connectivity index (χ4n) is 6.11. The summed E-state index contributed by atoms with van der Waals surface area (Å²) in [6.45, 7) is 9.91. The first-order valence-electron chi connectivity index (χ1n) is 14.0. The summed E-state index contributed by atoms with van der Waals surface area (Å²) in [5.41, 5.74) is 4.03. The molecular weight excluding hydrogens is 508 g/mol. The number of ether oxygens (including phenoxy) is 4. The average molecular weight is 545 g/mol. The number of carbonyl (C=O) groups is 3. The monoisotopic (exact) mass is 544 g/mol. The summed E-state index contributed by atoms with van der Waals surface area (Å²) in [6.07, 6.45) is 7.47. The second-order valence-corrected chi connectivity index (χ2v) is 11.1. The third kappa shape index (κ3) is 4.93. The van der Waals surface area contributed by atoms with E-state index in [2.05, 4.69) is 26.5 Å². The van der Waals surface area contributed by atoms with Gasteiger partial charge in [-0.3, -0.25) is 4.79 Å². The molecule has 0 bridgehead atoms. The second-order valence-electron chi connectivity index (χ2n) is 11.1. The topological polar surface area (TPSA) is 88.1 Å². The number of fused-ring (bicyclic) bond motifs is 5. The van der Waals surface area contributed by atoms with E-state index in [0.717, 1.165) is 43.2 Å². The average Bonchev–Trinajstić information content (AvgIpc) is 2.92. The van der Waals surface area contributed by atoms with Crippen LogP contribution in [-0.2, 0) is 26.5 Å². The first kappa shape index (κ1) is 27.7. The minimum absolute atomic E-state index is 0.0503. The van der Waals surface area contributed by atoms with E-state index >= 15 is 0 Å². The highest BCUT2D eigenvalue weighted by atomic mass is 16.7. The lowest BCUT2D eigenvalue weighted by atomic mass is 9.73. The maximum Gasteiger partial charge on any atom is 0.345 e. The molecule has 7 heteroatoms. The van der Waals surface area contributed by atoms with Crippen LogP contribution in [0.1, 0.15) is 103 Å². The van der Waals surface area contributed by atoms with Crippen molar-refractivity contribution < 1.29 is 33.3 Å². The van der Waals surface area contributed by atoms with Crippen molar-refractivity contribution in [3.05, 3.63) is 82.1 Å². The summed E-state index contributed by atoms with van der Waals surface area (Å²) in [6, 6.07) is 8.36. The van der Waals surface area contributed by atoms with E-state index in [-0.39, 0.29) is 24.0 Å². The molecule has 40 heavy (non-hydrogen) atoms. The van der Waals surface area contributed by atoms with E-state index in [4.69, 9.17) is 18.9 Å². The van der Waals surface area contributed by atoms with Gasteiger partial charge in [0.25, 0.3) is 5.79 Å². The van der Waals surface area contributed by atoms with Crippen molar-refractivity contribution in [1.82, 2.24) is 0 Å². The molecule has 0 saturated carbocycles. The van der Waals surface area contributed by atoms with Gasteiger partial charge in [0.2, 0.25) is 0 Å². The number of aryl methyl sites for hydroxylation is 1. The highest BCUT2D eigenvalue weighted by Gasteiger charge is 2.49. The molecule has 210 valence electrons. The van der Waals surface area contributed by atoms with E-state index in [0.29, 0.717) is 40.4 Å². The van der Waals surface area contributed by atoms with Gasteiger partial charge in [0.1, 0.15) is 28.6 Å². The van der Waals surface area contributed by atoms with E-state index < -0.39 is 17.7 Å². The quantitative estimate of drug-likeness (QED) is 0.202. The summed E-state index contributed by atoms with van der Waals surface area (Å²) in [4.78, 5) is 38.6.